The van der Waals surface area contributed by atoms with E-state index in [2.05, 4.69) is 15.5 Å². The van der Waals surface area contributed by atoms with E-state index >= 15 is 0 Å². The highest BCUT2D eigenvalue weighted by molar-refractivity contribution is 5.94. The van der Waals surface area contributed by atoms with Crippen molar-refractivity contribution in [3.8, 4) is 5.75 Å². The third kappa shape index (κ3) is 5.79. The molecular formula is C22H29N3O3. The van der Waals surface area contributed by atoms with Crippen LogP contribution in [0.5, 0.6) is 5.75 Å². The summed E-state index contributed by atoms with van der Waals surface area (Å²) in [6, 6.07) is 17.3. The van der Waals surface area contributed by atoms with Crippen molar-refractivity contribution in [2.45, 2.75) is 25.7 Å². The van der Waals surface area contributed by atoms with Crippen molar-refractivity contribution in [2.24, 2.45) is 0 Å². The topological polar surface area (TPSA) is 62.8 Å². The summed E-state index contributed by atoms with van der Waals surface area (Å²) in [7, 11) is 1.62. The molecule has 3 rings (SSSR count). The van der Waals surface area contributed by atoms with Gasteiger partial charge in [-0.05, 0) is 36.8 Å². The van der Waals surface area contributed by atoms with Crippen molar-refractivity contribution < 1.29 is 14.3 Å². The minimum atomic E-state index is -0.575. The Morgan fingerprint density at radius 1 is 1.11 bits per heavy atom. The Morgan fingerprint density at radius 3 is 2.43 bits per heavy atom. The SMILES string of the molecule is COc1ccc(NC(=O)C(Cc2ccccc2)OC(C)N2CCNCC2)cc1. The molecule has 6 nitrogen and oxygen atoms in total. The van der Waals surface area contributed by atoms with E-state index in [4.69, 9.17) is 9.47 Å². The number of carbonyl (C=O) groups is 1. The first-order valence-corrected chi connectivity index (χ1v) is 9.75. The Hall–Kier alpha value is -2.41. The maximum absolute atomic E-state index is 13.0. The summed E-state index contributed by atoms with van der Waals surface area (Å²) < 4.78 is 11.4. The van der Waals surface area contributed by atoms with E-state index < -0.39 is 6.10 Å². The third-order valence-electron chi connectivity index (χ3n) is 4.94. The Bertz CT molecular complexity index is 730. The van der Waals surface area contributed by atoms with Crippen LogP contribution in [-0.4, -0.2) is 56.4 Å². The number of nitrogens with one attached hydrogen (secondary N) is 2. The Labute approximate surface area is 166 Å². The Kier molecular flexibility index (Phi) is 7.42. The van der Waals surface area contributed by atoms with E-state index in [0.717, 1.165) is 43.2 Å². The number of hydrogen-bond acceptors (Lipinski definition) is 5. The second kappa shape index (κ2) is 10.2. The minimum absolute atomic E-state index is 0.127. The molecule has 2 N–H and O–H groups in total. The third-order valence-corrected chi connectivity index (χ3v) is 4.94. The second-order valence-electron chi connectivity index (χ2n) is 6.92. The molecule has 0 saturated carbocycles. The maximum atomic E-state index is 13.0. The van der Waals surface area contributed by atoms with Crippen LogP contribution >= 0.6 is 0 Å². The highest BCUT2D eigenvalue weighted by Crippen LogP contribution is 2.17. The van der Waals surface area contributed by atoms with Crippen molar-refractivity contribution in [2.75, 3.05) is 38.6 Å². The summed E-state index contributed by atoms with van der Waals surface area (Å²) in [5, 5.41) is 6.31. The van der Waals surface area contributed by atoms with Gasteiger partial charge in [0, 0.05) is 38.3 Å². The predicted octanol–water partition coefficient (Wildman–Crippen LogP) is 2.51. The fourth-order valence-corrected chi connectivity index (χ4v) is 3.30. The van der Waals surface area contributed by atoms with E-state index in [1.165, 1.54) is 0 Å². The van der Waals surface area contributed by atoms with Crippen LogP contribution in [0.2, 0.25) is 0 Å². The standard InChI is InChI=1S/C22H29N3O3/c1-17(25-14-12-23-13-15-25)28-21(16-18-6-4-3-5-7-18)22(26)24-19-8-10-20(27-2)11-9-19/h3-11,17,21,23H,12-16H2,1-2H3,(H,24,26). The molecule has 0 aliphatic carbocycles. The summed E-state index contributed by atoms with van der Waals surface area (Å²) in [5.74, 6) is 0.610. The van der Waals surface area contributed by atoms with Gasteiger partial charge >= 0.3 is 0 Å². The summed E-state index contributed by atoms with van der Waals surface area (Å²) in [6.07, 6.45) is -0.175. The zero-order chi connectivity index (χ0) is 19.8. The number of methoxy groups -OCH3 is 1. The molecule has 0 spiro atoms. The van der Waals surface area contributed by atoms with E-state index in [0.29, 0.717) is 6.42 Å². The molecule has 2 aromatic rings. The van der Waals surface area contributed by atoms with Crippen LogP contribution in [0.1, 0.15) is 12.5 Å². The average Bonchev–Trinajstić information content (AvgIpc) is 2.75. The molecule has 1 aliphatic rings. The Morgan fingerprint density at radius 2 is 1.79 bits per heavy atom. The van der Waals surface area contributed by atoms with Crippen molar-refractivity contribution in [1.82, 2.24) is 10.2 Å². The van der Waals surface area contributed by atoms with Crippen LogP contribution < -0.4 is 15.4 Å². The number of rotatable bonds is 8. The molecule has 1 saturated heterocycles. The van der Waals surface area contributed by atoms with E-state index in [9.17, 15) is 4.79 Å². The van der Waals surface area contributed by atoms with Crippen molar-refractivity contribution in [3.63, 3.8) is 0 Å². The molecule has 0 bridgehead atoms. The highest BCUT2D eigenvalue weighted by atomic mass is 16.5. The van der Waals surface area contributed by atoms with Crippen LogP contribution in [0.25, 0.3) is 0 Å². The summed E-state index contributed by atoms with van der Waals surface area (Å²) >= 11 is 0. The number of carbonyl (C=O) groups excluding carboxylic acids is 1. The van der Waals surface area contributed by atoms with Crippen molar-refractivity contribution in [1.29, 1.82) is 0 Å². The highest BCUT2D eigenvalue weighted by Gasteiger charge is 2.26. The second-order valence-corrected chi connectivity index (χ2v) is 6.92. The zero-order valence-electron chi connectivity index (χ0n) is 16.6. The predicted molar refractivity (Wildman–Crippen MR) is 111 cm³/mol. The van der Waals surface area contributed by atoms with E-state index in [1.807, 2.05) is 61.5 Å². The van der Waals surface area contributed by atoms with Crippen LogP contribution in [0.15, 0.2) is 54.6 Å². The minimum Gasteiger partial charge on any atom is -0.497 e. The monoisotopic (exact) mass is 383 g/mol. The largest absolute Gasteiger partial charge is 0.497 e. The first kappa shape index (κ1) is 20.3. The first-order chi connectivity index (χ1) is 13.7. The van der Waals surface area contributed by atoms with Crippen LogP contribution in [0.4, 0.5) is 5.69 Å². The fraction of sp³-hybridized carbons (Fsp3) is 0.409. The summed E-state index contributed by atoms with van der Waals surface area (Å²) in [6.45, 7) is 5.73. The molecule has 0 radical (unpaired) electrons. The normalized spacial score (nSPS) is 16.9. The van der Waals surface area contributed by atoms with Gasteiger partial charge in [0.2, 0.25) is 0 Å². The van der Waals surface area contributed by atoms with Gasteiger partial charge in [0.25, 0.3) is 5.91 Å². The molecule has 28 heavy (non-hydrogen) atoms. The summed E-state index contributed by atoms with van der Waals surface area (Å²) in [4.78, 5) is 15.3. The maximum Gasteiger partial charge on any atom is 0.253 e. The fourth-order valence-electron chi connectivity index (χ4n) is 3.30. The molecular weight excluding hydrogens is 354 g/mol. The molecule has 1 heterocycles. The van der Waals surface area contributed by atoms with Crippen LogP contribution in [0, 0.1) is 0 Å². The van der Waals surface area contributed by atoms with Gasteiger partial charge in [-0.25, -0.2) is 0 Å². The van der Waals surface area contributed by atoms with Crippen molar-refractivity contribution in [3.05, 3.63) is 60.2 Å². The molecule has 1 amide bonds. The number of ether oxygens (including phenoxy) is 2. The lowest BCUT2D eigenvalue weighted by atomic mass is 10.1. The van der Waals surface area contributed by atoms with Gasteiger partial charge in [0.1, 0.15) is 18.1 Å². The van der Waals surface area contributed by atoms with Gasteiger partial charge in [-0.3, -0.25) is 9.69 Å². The van der Waals surface area contributed by atoms with Gasteiger partial charge in [0.05, 0.1) is 7.11 Å². The molecule has 2 atom stereocenters. The average molecular weight is 383 g/mol. The number of piperazine rings is 1. The quantitative estimate of drug-likeness (QED) is 0.733. The van der Waals surface area contributed by atoms with Crippen LogP contribution in [0.3, 0.4) is 0 Å². The van der Waals surface area contributed by atoms with Gasteiger partial charge in [0.15, 0.2) is 0 Å². The zero-order valence-corrected chi connectivity index (χ0v) is 16.6. The molecule has 1 fully saturated rings. The molecule has 6 heteroatoms. The lowest BCUT2D eigenvalue weighted by Crippen LogP contribution is -2.50. The smallest absolute Gasteiger partial charge is 0.253 e. The number of hydrogen-bond donors (Lipinski definition) is 2. The lowest BCUT2D eigenvalue weighted by Gasteiger charge is -2.34. The number of benzene rings is 2. The van der Waals surface area contributed by atoms with Crippen molar-refractivity contribution >= 4 is 11.6 Å². The van der Waals surface area contributed by atoms with Crippen LogP contribution in [-0.2, 0) is 16.0 Å². The molecule has 0 aromatic heterocycles. The van der Waals surface area contributed by atoms with Gasteiger partial charge in [-0.2, -0.15) is 0 Å². The molecule has 2 aromatic carbocycles. The Balaban J connectivity index is 1.69. The first-order valence-electron chi connectivity index (χ1n) is 9.75. The molecule has 150 valence electrons. The number of anilines is 1. The van der Waals surface area contributed by atoms with Gasteiger partial charge in [-0.15, -0.1) is 0 Å². The van der Waals surface area contributed by atoms with E-state index in [1.54, 1.807) is 7.11 Å². The lowest BCUT2D eigenvalue weighted by molar-refractivity contribution is -0.141. The van der Waals surface area contributed by atoms with Gasteiger partial charge in [-0.1, -0.05) is 30.3 Å². The molecule has 2 unspecified atom stereocenters. The van der Waals surface area contributed by atoms with Gasteiger partial charge < -0.3 is 20.1 Å². The molecule has 1 aliphatic heterocycles. The number of nitrogens with zero attached hydrogens (tertiary/aromatic N) is 1. The summed E-state index contributed by atoms with van der Waals surface area (Å²) in [5.41, 5.74) is 1.80. The van der Waals surface area contributed by atoms with E-state index in [-0.39, 0.29) is 12.1 Å². The number of amides is 1.